The average Bonchev–Trinajstić information content (AvgIpc) is 1.75. The fraction of sp³-hybridized carbons (Fsp3) is 0.0933. The van der Waals surface area contributed by atoms with E-state index in [9.17, 15) is 21.0 Å². The Hall–Kier alpha value is -12.0. The summed E-state index contributed by atoms with van der Waals surface area (Å²) in [6, 6.07) is 63.3. The number of allylic oxidation sites excluding steroid dienone is 11. The number of hydrogen-bond acceptors (Lipinski definition) is 10. The van der Waals surface area contributed by atoms with Gasteiger partial charge in [-0.05, 0) is 98.5 Å². The molecule has 5 aromatic heterocycles. The molecule has 0 aliphatic heterocycles. The maximum atomic E-state index is 10.6. The minimum Gasteiger partial charge on any atom is -0.356 e. The van der Waals surface area contributed by atoms with Crippen LogP contribution in [0.5, 0.6) is 0 Å². The number of anilines is 2. The van der Waals surface area contributed by atoms with Gasteiger partial charge < -0.3 is 10.2 Å². The lowest BCUT2D eigenvalue weighted by Gasteiger charge is -2.31. The lowest BCUT2D eigenvalue weighted by Crippen LogP contribution is -2.20. The Morgan fingerprint density at radius 2 is 1.23 bits per heavy atom. The van der Waals surface area contributed by atoms with Gasteiger partial charge in [0.2, 0.25) is 0 Å². The summed E-state index contributed by atoms with van der Waals surface area (Å²) in [6.07, 6.45) is 17.5. The first-order chi connectivity index (χ1) is 42.6. The number of nitrogens with zero attached hydrogens (tertiary/aromatic N) is 11. The maximum absolute atomic E-state index is 10.6. The van der Waals surface area contributed by atoms with E-state index in [4.69, 9.17) is 19.9 Å². The minimum atomic E-state index is -0.0133. The Balaban J connectivity index is 1.39. The van der Waals surface area contributed by atoms with Crippen molar-refractivity contribution in [1.29, 1.82) is 21.0 Å². The molecule has 0 spiro atoms. The first-order valence-corrected chi connectivity index (χ1v) is 28.5. The number of nitrogens with one attached hydrogen (secondary N) is 1. The second-order valence-electron chi connectivity index (χ2n) is 20.9. The Morgan fingerprint density at radius 3 is 1.84 bits per heavy atom. The minimum absolute atomic E-state index is 0.0133. The van der Waals surface area contributed by atoms with Gasteiger partial charge in [-0.1, -0.05) is 167 Å². The fourth-order valence-electron chi connectivity index (χ4n) is 11.0. The third-order valence-corrected chi connectivity index (χ3v) is 15.5. The van der Waals surface area contributed by atoms with Crippen molar-refractivity contribution >= 4 is 55.0 Å². The molecular formula is C75H58N12. The first-order valence-electron chi connectivity index (χ1n) is 28.5. The highest BCUT2D eigenvalue weighted by molar-refractivity contribution is 6.13. The molecule has 0 bridgehead atoms. The van der Waals surface area contributed by atoms with E-state index in [1.165, 1.54) is 0 Å². The van der Waals surface area contributed by atoms with Crippen LogP contribution in [0.25, 0.3) is 100 Å². The van der Waals surface area contributed by atoms with E-state index >= 15 is 0 Å². The molecule has 0 unspecified atom stereocenters. The molecule has 0 aliphatic rings. The van der Waals surface area contributed by atoms with Crippen LogP contribution in [-0.4, -0.2) is 29.1 Å². The van der Waals surface area contributed by atoms with Gasteiger partial charge in [0.15, 0.2) is 17.5 Å². The second-order valence-corrected chi connectivity index (χ2v) is 20.9. The molecule has 0 radical (unpaired) electrons. The molecule has 87 heavy (non-hydrogen) atoms. The van der Waals surface area contributed by atoms with Crippen molar-refractivity contribution in [3.63, 3.8) is 0 Å². The van der Waals surface area contributed by atoms with Gasteiger partial charge in [-0.3, -0.25) is 9.13 Å². The van der Waals surface area contributed by atoms with Crippen LogP contribution in [-0.2, 0) is 0 Å². The molecule has 0 amide bonds. The van der Waals surface area contributed by atoms with Crippen molar-refractivity contribution < 1.29 is 0 Å². The zero-order chi connectivity index (χ0) is 60.6. The van der Waals surface area contributed by atoms with Crippen molar-refractivity contribution in [2.24, 2.45) is 5.92 Å². The van der Waals surface area contributed by atoms with Crippen LogP contribution in [0.1, 0.15) is 51.8 Å². The van der Waals surface area contributed by atoms with Crippen LogP contribution >= 0.6 is 0 Å². The molecular weight excluding hydrogens is 1070 g/mol. The topological polar surface area (TPSA) is 172 Å². The van der Waals surface area contributed by atoms with Crippen molar-refractivity contribution in [2.75, 3.05) is 10.2 Å². The number of fused-ring (bicyclic) bond motifs is 6. The van der Waals surface area contributed by atoms with Gasteiger partial charge in [-0.25, -0.2) is 19.9 Å². The van der Waals surface area contributed by atoms with Gasteiger partial charge in [-0.15, -0.1) is 0 Å². The zero-order valence-corrected chi connectivity index (χ0v) is 48.6. The Bertz CT molecular complexity index is 4810. The molecule has 1 N–H and O–H groups in total. The Kier molecular flexibility index (Phi) is 16.5. The normalized spacial score (nSPS) is 12.5. The van der Waals surface area contributed by atoms with Gasteiger partial charge in [-0.2, -0.15) is 21.0 Å². The third kappa shape index (κ3) is 11.1. The van der Waals surface area contributed by atoms with Gasteiger partial charge in [0.1, 0.15) is 11.8 Å². The largest absolute Gasteiger partial charge is 0.356 e. The number of aromatic nitrogens is 6. The van der Waals surface area contributed by atoms with Crippen LogP contribution in [0.15, 0.2) is 254 Å². The number of hydrogen-bond donors (Lipinski definition) is 1. The summed E-state index contributed by atoms with van der Waals surface area (Å²) in [4.78, 5) is 23.7. The first kappa shape index (κ1) is 56.9. The Labute approximate surface area is 505 Å². The average molecular weight is 1130 g/mol. The van der Waals surface area contributed by atoms with Gasteiger partial charge in [0.05, 0.1) is 74.8 Å². The molecule has 0 fully saturated rings. The summed E-state index contributed by atoms with van der Waals surface area (Å²) in [5.74, 6) is 1.34. The monoisotopic (exact) mass is 1130 g/mol. The maximum Gasteiger partial charge on any atom is 0.165 e. The van der Waals surface area contributed by atoms with Crippen LogP contribution in [0.2, 0.25) is 0 Å². The molecule has 12 nitrogen and oxygen atoms in total. The fourth-order valence-corrected chi connectivity index (χ4v) is 11.0. The predicted octanol–water partition coefficient (Wildman–Crippen LogP) is 18.1. The lowest BCUT2D eigenvalue weighted by molar-refractivity contribution is 0.673. The smallest absolute Gasteiger partial charge is 0.165 e. The van der Waals surface area contributed by atoms with Crippen LogP contribution in [0.4, 0.5) is 11.4 Å². The predicted molar refractivity (Wildman–Crippen MR) is 352 cm³/mol. The van der Waals surface area contributed by atoms with Crippen molar-refractivity contribution in [3.05, 3.63) is 266 Å². The number of pyridine rings is 2. The van der Waals surface area contributed by atoms with Crippen molar-refractivity contribution in [2.45, 2.75) is 40.5 Å². The summed E-state index contributed by atoms with van der Waals surface area (Å²) in [7, 11) is 0. The standard InChI is InChI=1S/C75H58N12/c1-7-10-13-24-52(44-76)37-35-50(5)81-71-70(60-31-18-19-32-61(60)73-82-64(54-25-14-11-15-26-54)43-65(83-73)55-27-16-12-17-28-55)72(85(9-3)51(6)36-39-56(46-78)49(4)8-2)75(87-67-34-23-21-30-59(67)63-42-57(47-79)80-48-69(63)87)84-74(71)86-66-33-22-20-29-58(66)62-41-53(45-77)38-40-68(62)86/h7,9-23,25-43,48-49,81H,1,3,8,24H2,2,4-6H3/b13-10-,50-35+,51-36+,52-37+,56-39-/t49-/m1/s1. The Morgan fingerprint density at radius 1 is 0.621 bits per heavy atom. The van der Waals surface area contributed by atoms with Gasteiger partial charge in [0, 0.05) is 79.0 Å². The molecule has 6 aromatic carbocycles. The summed E-state index contributed by atoms with van der Waals surface area (Å²) in [6.45, 7) is 16.4. The van der Waals surface area contributed by atoms with E-state index in [1.807, 2.05) is 208 Å². The highest BCUT2D eigenvalue weighted by atomic mass is 15.2. The number of nitriles is 4. The zero-order valence-electron chi connectivity index (χ0n) is 48.6. The summed E-state index contributed by atoms with van der Waals surface area (Å²) in [5.41, 5.74) is 12.7. The van der Waals surface area contributed by atoms with Gasteiger partial charge >= 0.3 is 0 Å². The molecule has 12 heteroatoms. The summed E-state index contributed by atoms with van der Waals surface area (Å²) < 4.78 is 4.22. The molecule has 11 rings (SSSR count). The highest BCUT2D eigenvalue weighted by Crippen LogP contribution is 2.51. The van der Waals surface area contributed by atoms with E-state index < -0.39 is 0 Å². The molecule has 0 saturated carbocycles. The van der Waals surface area contributed by atoms with E-state index in [0.717, 1.165) is 67.0 Å². The summed E-state index contributed by atoms with van der Waals surface area (Å²) >= 11 is 0. The quantitative estimate of drug-likeness (QED) is 0.0644. The third-order valence-electron chi connectivity index (χ3n) is 15.5. The van der Waals surface area contributed by atoms with Crippen LogP contribution in [0.3, 0.4) is 0 Å². The SMILES string of the molecule is C=C/C=C\C/C(C#N)=C\C=C(/C)Nc1c(-n2c3ccccc3c3cc(C#N)ccc32)nc(-n2c3ccccc3c3cc(C#N)ncc32)c(N(C=C)/C(C)=C/C=C(/C#N)[C@H](C)CC)c1-c1ccccc1-c1nc(-c2ccccc2)cc(-c2ccccc2)n1. The number of benzene rings is 6. The van der Waals surface area contributed by atoms with Crippen molar-refractivity contribution in [3.8, 4) is 80.9 Å². The molecule has 1 atom stereocenters. The van der Waals surface area contributed by atoms with E-state index in [2.05, 4.69) is 77.0 Å². The molecule has 0 saturated heterocycles. The number of para-hydroxylation sites is 2. The molecule has 11 aromatic rings. The van der Waals surface area contributed by atoms with E-state index in [1.54, 1.807) is 18.5 Å². The van der Waals surface area contributed by atoms with E-state index in [-0.39, 0.29) is 11.6 Å². The summed E-state index contributed by atoms with van der Waals surface area (Å²) in [5, 5.41) is 49.0. The molecule has 0 aliphatic carbocycles. The second kappa shape index (κ2) is 25.3. The van der Waals surface area contributed by atoms with E-state index in [0.29, 0.717) is 85.6 Å². The molecule has 418 valence electrons. The number of rotatable bonds is 18. The highest BCUT2D eigenvalue weighted by Gasteiger charge is 2.32. The van der Waals surface area contributed by atoms with Crippen molar-refractivity contribution in [1.82, 2.24) is 29.1 Å². The van der Waals surface area contributed by atoms with Crippen LogP contribution < -0.4 is 10.2 Å². The van der Waals surface area contributed by atoms with Gasteiger partial charge in [0.25, 0.3) is 0 Å². The molecule has 5 heterocycles. The van der Waals surface area contributed by atoms with Crippen LogP contribution in [0, 0.1) is 51.2 Å². The lowest BCUT2D eigenvalue weighted by atomic mass is 9.94.